The van der Waals surface area contributed by atoms with Crippen LogP contribution in [-0.2, 0) is 4.74 Å². The van der Waals surface area contributed by atoms with E-state index in [1.54, 1.807) is 0 Å². The van der Waals surface area contributed by atoms with Gasteiger partial charge in [-0.05, 0) is 38.6 Å². The largest absolute Gasteiger partial charge is 0.378 e. The van der Waals surface area contributed by atoms with Gasteiger partial charge in [0.1, 0.15) is 0 Å². The zero-order chi connectivity index (χ0) is 11.9. The standard InChI is InChI=1S/C13H29NO/c1-7-14-11(2)10-12(3)15-9-8-13(4,5)6/h11-12,14H,7-10H2,1-6H3. The second kappa shape index (κ2) is 7.24. The maximum absolute atomic E-state index is 5.79. The summed E-state index contributed by atoms with van der Waals surface area (Å²) < 4.78 is 5.79. The molecule has 0 aliphatic rings. The van der Waals surface area contributed by atoms with Crippen LogP contribution >= 0.6 is 0 Å². The van der Waals surface area contributed by atoms with Crippen LogP contribution in [0.1, 0.15) is 54.4 Å². The molecule has 15 heavy (non-hydrogen) atoms. The lowest BCUT2D eigenvalue weighted by Crippen LogP contribution is -2.30. The first-order chi connectivity index (χ1) is 6.85. The number of nitrogens with one attached hydrogen (secondary N) is 1. The van der Waals surface area contributed by atoms with Gasteiger partial charge in [0.05, 0.1) is 6.10 Å². The molecule has 92 valence electrons. The van der Waals surface area contributed by atoms with E-state index >= 15 is 0 Å². The van der Waals surface area contributed by atoms with Gasteiger partial charge in [-0.15, -0.1) is 0 Å². The van der Waals surface area contributed by atoms with Gasteiger partial charge in [-0.25, -0.2) is 0 Å². The molecule has 0 spiro atoms. The molecule has 0 aliphatic carbocycles. The van der Waals surface area contributed by atoms with Gasteiger partial charge >= 0.3 is 0 Å². The molecule has 0 bridgehead atoms. The fourth-order valence-corrected chi connectivity index (χ4v) is 1.56. The molecule has 0 aliphatic heterocycles. The molecule has 0 saturated heterocycles. The number of hydrogen-bond donors (Lipinski definition) is 1. The van der Waals surface area contributed by atoms with E-state index in [0.717, 1.165) is 26.0 Å². The molecule has 0 aromatic carbocycles. The van der Waals surface area contributed by atoms with E-state index in [1.165, 1.54) is 0 Å². The molecule has 0 radical (unpaired) electrons. The van der Waals surface area contributed by atoms with Crippen LogP contribution in [0.4, 0.5) is 0 Å². The van der Waals surface area contributed by atoms with Crippen molar-refractivity contribution in [3.8, 4) is 0 Å². The molecule has 1 N–H and O–H groups in total. The number of ether oxygens (including phenoxy) is 1. The minimum atomic E-state index is 0.362. The molecule has 2 unspecified atom stereocenters. The van der Waals surface area contributed by atoms with Crippen molar-refractivity contribution < 1.29 is 4.74 Å². The van der Waals surface area contributed by atoms with Gasteiger partial charge in [0.2, 0.25) is 0 Å². The van der Waals surface area contributed by atoms with Gasteiger partial charge in [-0.3, -0.25) is 0 Å². The van der Waals surface area contributed by atoms with E-state index in [4.69, 9.17) is 4.74 Å². The SMILES string of the molecule is CCNC(C)CC(C)OCCC(C)(C)C. The smallest absolute Gasteiger partial charge is 0.0561 e. The second-order valence-corrected chi connectivity index (χ2v) is 5.69. The average Bonchev–Trinajstić information content (AvgIpc) is 2.01. The highest BCUT2D eigenvalue weighted by Crippen LogP contribution is 2.18. The number of rotatable bonds is 7. The van der Waals surface area contributed by atoms with Gasteiger partial charge in [-0.2, -0.15) is 0 Å². The monoisotopic (exact) mass is 215 g/mol. The first kappa shape index (κ1) is 14.9. The quantitative estimate of drug-likeness (QED) is 0.704. The molecule has 0 saturated carbocycles. The maximum atomic E-state index is 5.79. The Morgan fingerprint density at radius 2 is 1.80 bits per heavy atom. The lowest BCUT2D eigenvalue weighted by Gasteiger charge is -2.22. The third-order valence-electron chi connectivity index (χ3n) is 2.49. The molecule has 0 heterocycles. The number of hydrogen-bond acceptors (Lipinski definition) is 2. The third-order valence-corrected chi connectivity index (χ3v) is 2.49. The predicted molar refractivity (Wildman–Crippen MR) is 67.2 cm³/mol. The summed E-state index contributed by atoms with van der Waals surface area (Å²) in [4.78, 5) is 0. The molecule has 0 aromatic rings. The van der Waals surface area contributed by atoms with Crippen LogP contribution in [-0.4, -0.2) is 25.3 Å². The van der Waals surface area contributed by atoms with E-state index in [0.29, 0.717) is 17.6 Å². The van der Waals surface area contributed by atoms with Gasteiger partial charge < -0.3 is 10.1 Å². The van der Waals surface area contributed by atoms with Gasteiger partial charge in [-0.1, -0.05) is 27.7 Å². The maximum Gasteiger partial charge on any atom is 0.0561 e. The molecule has 0 rings (SSSR count). The van der Waals surface area contributed by atoms with Crippen molar-refractivity contribution in [1.82, 2.24) is 5.32 Å². The zero-order valence-electron chi connectivity index (χ0n) is 11.4. The van der Waals surface area contributed by atoms with Gasteiger partial charge in [0.15, 0.2) is 0 Å². The van der Waals surface area contributed by atoms with E-state index in [9.17, 15) is 0 Å². The molecule has 2 nitrogen and oxygen atoms in total. The lowest BCUT2D eigenvalue weighted by molar-refractivity contribution is 0.0391. The summed E-state index contributed by atoms with van der Waals surface area (Å²) >= 11 is 0. The summed E-state index contributed by atoms with van der Waals surface area (Å²) in [6, 6.07) is 0.555. The Morgan fingerprint density at radius 1 is 1.20 bits per heavy atom. The van der Waals surface area contributed by atoms with Crippen LogP contribution in [0.3, 0.4) is 0 Å². The van der Waals surface area contributed by atoms with Crippen LogP contribution in [0.15, 0.2) is 0 Å². The lowest BCUT2D eigenvalue weighted by atomic mass is 9.93. The fraction of sp³-hybridized carbons (Fsp3) is 1.00. The van der Waals surface area contributed by atoms with Crippen LogP contribution in [0.5, 0.6) is 0 Å². The van der Waals surface area contributed by atoms with Crippen molar-refractivity contribution in [2.45, 2.75) is 66.5 Å². The average molecular weight is 215 g/mol. The van der Waals surface area contributed by atoms with Crippen molar-refractivity contribution in [2.24, 2.45) is 5.41 Å². The second-order valence-electron chi connectivity index (χ2n) is 5.69. The molecular weight excluding hydrogens is 186 g/mol. The summed E-state index contributed by atoms with van der Waals surface area (Å²) in [5.41, 5.74) is 0.382. The Balaban J connectivity index is 3.53. The van der Waals surface area contributed by atoms with Crippen LogP contribution in [0.2, 0.25) is 0 Å². The Labute approximate surface area is 95.8 Å². The van der Waals surface area contributed by atoms with Crippen molar-refractivity contribution in [1.29, 1.82) is 0 Å². The van der Waals surface area contributed by atoms with Crippen LogP contribution in [0.25, 0.3) is 0 Å². The molecule has 0 amide bonds. The highest BCUT2D eigenvalue weighted by Gasteiger charge is 2.12. The Bertz CT molecular complexity index is 151. The topological polar surface area (TPSA) is 21.3 Å². The normalized spacial score (nSPS) is 16.4. The third kappa shape index (κ3) is 10.2. The molecule has 2 atom stereocenters. The van der Waals surface area contributed by atoms with Crippen molar-refractivity contribution >= 4 is 0 Å². The Morgan fingerprint density at radius 3 is 2.27 bits per heavy atom. The Kier molecular flexibility index (Phi) is 7.20. The molecular formula is C13H29NO. The summed E-state index contributed by atoms with van der Waals surface area (Å²) in [7, 11) is 0. The van der Waals surface area contributed by atoms with E-state index in [1.807, 2.05) is 0 Å². The molecule has 0 aromatic heterocycles. The molecule has 2 heteroatoms. The summed E-state index contributed by atoms with van der Waals surface area (Å²) in [5.74, 6) is 0. The first-order valence-corrected chi connectivity index (χ1v) is 6.20. The van der Waals surface area contributed by atoms with Crippen LogP contribution in [0, 0.1) is 5.41 Å². The highest BCUT2D eigenvalue weighted by molar-refractivity contribution is 4.65. The minimum absolute atomic E-state index is 0.362. The van der Waals surface area contributed by atoms with Crippen LogP contribution < -0.4 is 5.32 Å². The molecule has 0 fully saturated rings. The van der Waals surface area contributed by atoms with Gasteiger partial charge in [0, 0.05) is 12.6 Å². The minimum Gasteiger partial charge on any atom is -0.378 e. The summed E-state index contributed by atoms with van der Waals surface area (Å²) in [5, 5.41) is 3.40. The van der Waals surface area contributed by atoms with E-state index in [-0.39, 0.29) is 0 Å². The first-order valence-electron chi connectivity index (χ1n) is 6.20. The summed E-state index contributed by atoms with van der Waals surface area (Å²) in [6.07, 6.45) is 2.59. The zero-order valence-corrected chi connectivity index (χ0v) is 11.4. The van der Waals surface area contributed by atoms with E-state index in [2.05, 4.69) is 46.9 Å². The van der Waals surface area contributed by atoms with E-state index < -0.39 is 0 Å². The van der Waals surface area contributed by atoms with Gasteiger partial charge in [0.25, 0.3) is 0 Å². The van der Waals surface area contributed by atoms with Crippen molar-refractivity contribution in [3.05, 3.63) is 0 Å². The highest BCUT2D eigenvalue weighted by atomic mass is 16.5. The predicted octanol–water partition coefficient (Wildman–Crippen LogP) is 3.22. The Hall–Kier alpha value is -0.0800. The van der Waals surface area contributed by atoms with Crippen molar-refractivity contribution in [3.63, 3.8) is 0 Å². The fourth-order valence-electron chi connectivity index (χ4n) is 1.56. The summed E-state index contributed by atoms with van der Waals surface area (Å²) in [6.45, 7) is 15.2. The van der Waals surface area contributed by atoms with Crippen molar-refractivity contribution in [2.75, 3.05) is 13.2 Å².